The first kappa shape index (κ1) is 13.1. The van der Waals surface area contributed by atoms with Gasteiger partial charge in [-0.05, 0) is 22.9 Å². The molecule has 0 aliphatic carbocycles. The quantitative estimate of drug-likeness (QED) is 0.898. The van der Waals surface area contributed by atoms with Crippen LogP contribution in [0.25, 0.3) is 10.8 Å². The Kier molecular flexibility index (Phi) is 3.95. The number of anilines is 1. The van der Waals surface area contributed by atoms with Gasteiger partial charge in [0.2, 0.25) is 5.91 Å². The van der Waals surface area contributed by atoms with Crippen LogP contribution in [0.4, 0.5) is 5.69 Å². The smallest absolute Gasteiger partial charge is 0.226 e. The van der Waals surface area contributed by atoms with Crippen LogP contribution in [-0.4, -0.2) is 31.7 Å². The van der Waals surface area contributed by atoms with E-state index in [0.717, 1.165) is 24.2 Å². The fraction of sp³-hybridized carbons (Fsp3) is 0.312. The summed E-state index contributed by atoms with van der Waals surface area (Å²) in [5.41, 5.74) is 0.838. The predicted octanol–water partition coefficient (Wildman–Crippen LogP) is 2.16. The van der Waals surface area contributed by atoms with Crippen LogP contribution in [0.5, 0.6) is 0 Å². The minimum atomic E-state index is 0.0169. The third-order valence-electron chi connectivity index (χ3n) is 3.46. The van der Waals surface area contributed by atoms with Gasteiger partial charge < -0.3 is 15.4 Å². The lowest BCUT2D eigenvalue weighted by atomic mass is 10.1. The lowest BCUT2D eigenvalue weighted by molar-refractivity contribution is -0.117. The second kappa shape index (κ2) is 6.03. The highest BCUT2D eigenvalue weighted by Gasteiger charge is 2.16. The molecule has 1 unspecified atom stereocenters. The molecule has 1 fully saturated rings. The van der Waals surface area contributed by atoms with Crippen LogP contribution >= 0.6 is 0 Å². The number of fused-ring (bicyclic) bond motifs is 1. The first-order chi connectivity index (χ1) is 9.81. The molecule has 0 radical (unpaired) electrons. The van der Waals surface area contributed by atoms with E-state index >= 15 is 0 Å². The Balaban J connectivity index is 1.64. The number of hydrogen-bond donors (Lipinski definition) is 2. The zero-order valence-corrected chi connectivity index (χ0v) is 11.3. The summed E-state index contributed by atoms with van der Waals surface area (Å²) in [6.45, 7) is 2.14. The Morgan fingerprint density at radius 2 is 2.10 bits per heavy atom. The maximum atomic E-state index is 12.0. The summed E-state index contributed by atoms with van der Waals surface area (Å²) in [6.07, 6.45) is 0.437. The van der Waals surface area contributed by atoms with Gasteiger partial charge in [0.1, 0.15) is 0 Å². The van der Waals surface area contributed by atoms with Crippen molar-refractivity contribution in [2.45, 2.75) is 12.5 Å². The van der Waals surface area contributed by atoms with Gasteiger partial charge >= 0.3 is 0 Å². The van der Waals surface area contributed by atoms with E-state index in [1.807, 2.05) is 36.4 Å². The second-order valence-electron chi connectivity index (χ2n) is 5.04. The van der Waals surface area contributed by atoms with E-state index in [-0.39, 0.29) is 11.9 Å². The summed E-state index contributed by atoms with van der Waals surface area (Å²) in [6, 6.07) is 14.2. The normalized spacial score (nSPS) is 18.9. The summed E-state index contributed by atoms with van der Waals surface area (Å²) in [5.74, 6) is 0.0169. The molecule has 2 aromatic rings. The monoisotopic (exact) mass is 270 g/mol. The van der Waals surface area contributed by atoms with Crippen molar-refractivity contribution in [3.8, 4) is 0 Å². The topological polar surface area (TPSA) is 50.4 Å². The number of amides is 1. The number of rotatable bonds is 3. The third kappa shape index (κ3) is 3.15. The van der Waals surface area contributed by atoms with Gasteiger partial charge in [-0.25, -0.2) is 0 Å². The predicted molar refractivity (Wildman–Crippen MR) is 79.8 cm³/mol. The molecule has 1 aliphatic rings. The summed E-state index contributed by atoms with van der Waals surface area (Å²) < 4.78 is 5.35. The summed E-state index contributed by atoms with van der Waals surface area (Å²) in [4.78, 5) is 12.0. The number of hydrogen-bond acceptors (Lipinski definition) is 3. The van der Waals surface area contributed by atoms with Crippen molar-refractivity contribution in [3.05, 3.63) is 42.5 Å². The first-order valence-corrected chi connectivity index (χ1v) is 6.91. The fourth-order valence-corrected chi connectivity index (χ4v) is 2.45. The average Bonchev–Trinajstić information content (AvgIpc) is 2.48. The van der Waals surface area contributed by atoms with Gasteiger partial charge in [0.15, 0.2) is 0 Å². The van der Waals surface area contributed by atoms with Crippen LogP contribution in [0.1, 0.15) is 6.42 Å². The van der Waals surface area contributed by atoms with E-state index in [9.17, 15) is 4.79 Å². The molecule has 1 heterocycles. The van der Waals surface area contributed by atoms with Gasteiger partial charge in [-0.15, -0.1) is 0 Å². The van der Waals surface area contributed by atoms with Crippen molar-refractivity contribution in [1.82, 2.24) is 5.32 Å². The minimum absolute atomic E-state index is 0.0169. The molecule has 1 saturated heterocycles. The van der Waals surface area contributed by atoms with Gasteiger partial charge in [-0.1, -0.05) is 30.3 Å². The maximum Gasteiger partial charge on any atom is 0.226 e. The Hall–Kier alpha value is -1.91. The molecule has 1 aliphatic heterocycles. The zero-order valence-electron chi connectivity index (χ0n) is 11.3. The van der Waals surface area contributed by atoms with E-state index in [1.165, 1.54) is 5.39 Å². The number of carbonyl (C=O) groups excluding carboxylic acids is 1. The third-order valence-corrected chi connectivity index (χ3v) is 3.46. The average molecular weight is 270 g/mol. The van der Waals surface area contributed by atoms with Crippen LogP contribution in [-0.2, 0) is 9.53 Å². The number of ether oxygens (including phenoxy) is 1. The Morgan fingerprint density at radius 1 is 1.25 bits per heavy atom. The molecular weight excluding hydrogens is 252 g/mol. The zero-order chi connectivity index (χ0) is 13.8. The van der Waals surface area contributed by atoms with Crippen molar-refractivity contribution < 1.29 is 9.53 Å². The first-order valence-electron chi connectivity index (χ1n) is 6.91. The van der Waals surface area contributed by atoms with Crippen LogP contribution < -0.4 is 10.6 Å². The molecule has 4 heteroatoms. The van der Waals surface area contributed by atoms with Gasteiger partial charge in [-0.2, -0.15) is 0 Å². The molecule has 20 heavy (non-hydrogen) atoms. The van der Waals surface area contributed by atoms with Gasteiger partial charge in [0, 0.05) is 24.7 Å². The Bertz CT molecular complexity index is 606. The molecule has 3 rings (SSSR count). The van der Waals surface area contributed by atoms with Crippen LogP contribution in [0.3, 0.4) is 0 Å². The Morgan fingerprint density at radius 3 is 2.90 bits per heavy atom. The molecule has 2 aromatic carbocycles. The van der Waals surface area contributed by atoms with Crippen molar-refractivity contribution in [2.24, 2.45) is 0 Å². The van der Waals surface area contributed by atoms with E-state index in [0.29, 0.717) is 13.0 Å². The van der Waals surface area contributed by atoms with Crippen LogP contribution in [0, 0.1) is 0 Å². The standard InChI is InChI=1S/C16H18N2O2/c19-16(10-15-11-20-8-7-17-15)18-14-6-5-12-3-1-2-4-13(12)9-14/h1-6,9,15,17H,7-8,10-11H2,(H,18,19). The number of nitrogens with one attached hydrogen (secondary N) is 2. The highest BCUT2D eigenvalue weighted by molar-refractivity contribution is 5.94. The van der Waals surface area contributed by atoms with Crippen LogP contribution in [0.15, 0.2) is 42.5 Å². The van der Waals surface area contributed by atoms with E-state index < -0.39 is 0 Å². The number of benzene rings is 2. The molecule has 1 amide bonds. The SMILES string of the molecule is O=C(CC1COCCN1)Nc1ccc2ccccc2c1. The van der Waals surface area contributed by atoms with Crippen molar-refractivity contribution in [2.75, 3.05) is 25.1 Å². The lowest BCUT2D eigenvalue weighted by Crippen LogP contribution is -2.43. The van der Waals surface area contributed by atoms with Crippen molar-refractivity contribution in [1.29, 1.82) is 0 Å². The fourth-order valence-electron chi connectivity index (χ4n) is 2.45. The lowest BCUT2D eigenvalue weighted by Gasteiger charge is -2.23. The number of carbonyl (C=O) groups is 1. The van der Waals surface area contributed by atoms with E-state index in [4.69, 9.17) is 4.74 Å². The molecular formula is C16H18N2O2. The molecule has 2 N–H and O–H groups in total. The molecule has 1 atom stereocenters. The molecule has 0 saturated carbocycles. The van der Waals surface area contributed by atoms with Gasteiger partial charge in [0.05, 0.1) is 13.2 Å². The van der Waals surface area contributed by atoms with Gasteiger partial charge in [0.25, 0.3) is 0 Å². The van der Waals surface area contributed by atoms with Crippen LogP contribution in [0.2, 0.25) is 0 Å². The largest absolute Gasteiger partial charge is 0.378 e. The van der Waals surface area contributed by atoms with Crippen molar-refractivity contribution >= 4 is 22.4 Å². The summed E-state index contributed by atoms with van der Waals surface area (Å²) in [5, 5.41) is 8.53. The molecule has 0 spiro atoms. The summed E-state index contributed by atoms with van der Waals surface area (Å²) >= 11 is 0. The maximum absolute atomic E-state index is 12.0. The van der Waals surface area contributed by atoms with Crippen molar-refractivity contribution in [3.63, 3.8) is 0 Å². The number of morpholine rings is 1. The van der Waals surface area contributed by atoms with Gasteiger partial charge in [-0.3, -0.25) is 4.79 Å². The minimum Gasteiger partial charge on any atom is -0.378 e. The van der Waals surface area contributed by atoms with E-state index in [2.05, 4.69) is 16.7 Å². The molecule has 0 aromatic heterocycles. The molecule has 0 bridgehead atoms. The molecule has 104 valence electrons. The summed E-state index contributed by atoms with van der Waals surface area (Å²) in [7, 11) is 0. The Labute approximate surface area is 118 Å². The highest BCUT2D eigenvalue weighted by Crippen LogP contribution is 2.19. The van der Waals surface area contributed by atoms with E-state index in [1.54, 1.807) is 0 Å². The highest BCUT2D eigenvalue weighted by atomic mass is 16.5. The second-order valence-corrected chi connectivity index (χ2v) is 5.04. The molecule has 4 nitrogen and oxygen atoms in total.